The highest BCUT2D eigenvalue weighted by Gasteiger charge is 2.12. The van der Waals surface area contributed by atoms with Gasteiger partial charge >= 0.3 is 0 Å². The Hall–Kier alpha value is -0.350. The van der Waals surface area contributed by atoms with Gasteiger partial charge in [0, 0.05) is 12.3 Å². The topological polar surface area (TPSA) is 46.2 Å². The van der Waals surface area contributed by atoms with E-state index in [1.807, 2.05) is 6.92 Å². The van der Waals surface area contributed by atoms with Gasteiger partial charge in [0.2, 0.25) is 0 Å². The van der Waals surface area contributed by atoms with Crippen LogP contribution in [0.15, 0.2) is 12.2 Å². The van der Waals surface area contributed by atoms with Gasteiger partial charge in [-0.15, -0.1) is 0 Å². The highest BCUT2D eigenvalue weighted by Crippen LogP contribution is 2.00. The number of hydrogen-bond donors (Lipinski definition) is 1. The van der Waals surface area contributed by atoms with Crippen molar-refractivity contribution in [2.24, 2.45) is 0 Å². The minimum atomic E-state index is -2.90. The van der Waals surface area contributed by atoms with Gasteiger partial charge in [0.15, 0.2) is 0 Å². The second-order valence-corrected chi connectivity index (χ2v) is 4.96. The summed E-state index contributed by atoms with van der Waals surface area (Å²) in [6, 6.07) is -0.120. The Kier molecular flexibility index (Phi) is 3.75. The molecule has 0 aromatic rings. The van der Waals surface area contributed by atoms with E-state index in [1.165, 1.54) is 6.26 Å². The molecular formula is C7H15NO2S. The molecule has 0 amide bonds. The summed E-state index contributed by atoms with van der Waals surface area (Å²) in [6.45, 7) is 5.50. The van der Waals surface area contributed by atoms with Crippen LogP contribution in [0.2, 0.25) is 0 Å². The summed E-state index contributed by atoms with van der Waals surface area (Å²) in [4.78, 5) is 0. The summed E-state index contributed by atoms with van der Waals surface area (Å²) >= 11 is 0. The molecule has 1 N–H and O–H groups in total. The predicted octanol–water partition coefficient (Wildman–Crippen LogP) is 0.195. The van der Waals surface area contributed by atoms with Crippen molar-refractivity contribution in [1.29, 1.82) is 0 Å². The normalized spacial score (nSPS) is 14.5. The van der Waals surface area contributed by atoms with Gasteiger partial charge in [0.25, 0.3) is 0 Å². The molecule has 4 heteroatoms. The van der Waals surface area contributed by atoms with E-state index < -0.39 is 9.84 Å². The lowest BCUT2D eigenvalue weighted by Crippen LogP contribution is -2.33. The van der Waals surface area contributed by atoms with Crippen molar-refractivity contribution in [3.63, 3.8) is 0 Å². The van der Waals surface area contributed by atoms with Crippen LogP contribution < -0.4 is 5.32 Å². The van der Waals surface area contributed by atoms with Gasteiger partial charge in [-0.25, -0.2) is 8.42 Å². The van der Waals surface area contributed by atoms with Crippen molar-refractivity contribution in [2.45, 2.75) is 13.0 Å². The molecule has 0 aliphatic rings. The van der Waals surface area contributed by atoms with Crippen LogP contribution >= 0.6 is 0 Å². The zero-order valence-electron chi connectivity index (χ0n) is 7.22. The van der Waals surface area contributed by atoms with Crippen molar-refractivity contribution in [2.75, 3.05) is 19.1 Å². The van der Waals surface area contributed by atoms with E-state index in [2.05, 4.69) is 11.9 Å². The average Bonchev–Trinajstić information content (AvgIpc) is 1.80. The van der Waals surface area contributed by atoms with Gasteiger partial charge in [-0.05, 0) is 14.0 Å². The molecule has 0 radical (unpaired) electrons. The molecule has 0 saturated carbocycles. The van der Waals surface area contributed by atoms with Crippen molar-refractivity contribution < 1.29 is 8.42 Å². The van der Waals surface area contributed by atoms with Crippen LogP contribution in [0.3, 0.4) is 0 Å². The lowest BCUT2D eigenvalue weighted by molar-refractivity contribution is 0.588. The first kappa shape index (κ1) is 10.7. The summed E-state index contributed by atoms with van der Waals surface area (Å²) in [7, 11) is -1.18. The molecule has 0 heterocycles. The monoisotopic (exact) mass is 177 g/mol. The minimum absolute atomic E-state index is 0.120. The van der Waals surface area contributed by atoms with Gasteiger partial charge in [-0.2, -0.15) is 0 Å². The summed E-state index contributed by atoms with van der Waals surface area (Å²) in [5.74, 6) is 0.124. The summed E-state index contributed by atoms with van der Waals surface area (Å²) in [6.07, 6.45) is 1.22. The Bertz CT molecular complexity index is 231. The van der Waals surface area contributed by atoms with E-state index in [9.17, 15) is 8.42 Å². The molecule has 0 aliphatic carbocycles. The molecule has 0 aliphatic heterocycles. The van der Waals surface area contributed by atoms with Gasteiger partial charge in [-0.1, -0.05) is 12.2 Å². The summed E-state index contributed by atoms with van der Waals surface area (Å²) in [5.41, 5.74) is 0.845. The van der Waals surface area contributed by atoms with E-state index in [0.29, 0.717) is 0 Å². The molecule has 1 unspecified atom stereocenters. The SMILES string of the molecule is C=C(C)C(CS(C)(=O)=O)NC. The second kappa shape index (κ2) is 3.88. The maximum absolute atomic E-state index is 10.8. The first-order valence-electron chi connectivity index (χ1n) is 3.37. The molecule has 11 heavy (non-hydrogen) atoms. The van der Waals surface area contributed by atoms with Crippen molar-refractivity contribution >= 4 is 9.84 Å². The highest BCUT2D eigenvalue weighted by molar-refractivity contribution is 7.90. The minimum Gasteiger partial charge on any atom is -0.312 e. The fraction of sp³-hybridized carbons (Fsp3) is 0.714. The van der Waals surface area contributed by atoms with E-state index in [4.69, 9.17) is 0 Å². The van der Waals surface area contributed by atoms with Crippen LogP contribution in [0.25, 0.3) is 0 Å². The summed E-state index contributed by atoms with van der Waals surface area (Å²) < 4.78 is 21.6. The van der Waals surface area contributed by atoms with Crippen molar-refractivity contribution in [3.05, 3.63) is 12.2 Å². The summed E-state index contributed by atoms with van der Waals surface area (Å²) in [5, 5.41) is 2.88. The molecule has 66 valence electrons. The Balaban J connectivity index is 4.22. The smallest absolute Gasteiger partial charge is 0.149 e. The third kappa shape index (κ3) is 4.98. The van der Waals surface area contributed by atoms with Crippen LogP contribution in [0.5, 0.6) is 0 Å². The predicted molar refractivity (Wildman–Crippen MR) is 47.4 cm³/mol. The molecule has 0 bridgehead atoms. The molecule has 0 rings (SSSR count). The van der Waals surface area contributed by atoms with E-state index in [0.717, 1.165) is 5.57 Å². The van der Waals surface area contributed by atoms with E-state index in [1.54, 1.807) is 7.05 Å². The van der Waals surface area contributed by atoms with Gasteiger partial charge in [0.1, 0.15) is 9.84 Å². The number of likely N-dealkylation sites (N-methyl/N-ethyl adjacent to an activating group) is 1. The molecule has 0 aromatic heterocycles. The molecule has 0 saturated heterocycles. The zero-order valence-corrected chi connectivity index (χ0v) is 8.03. The number of nitrogens with one attached hydrogen (secondary N) is 1. The maximum atomic E-state index is 10.8. The van der Waals surface area contributed by atoms with E-state index >= 15 is 0 Å². The lowest BCUT2D eigenvalue weighted by atomic mass is 10.2. The first-order chi connectivity index (χ1) is 4.87. The number of sulfone groups is 1. The zero-order chi connectivity index (χ0) is 9.07. The molecular weight excluding hydrogens is 162 g/mol. The van der Waals surface area contributed by atoms with Crippen LogP contribution in [-0.4, -0.2) is 33.5 Å². The van der Waals surface area contributed by atoms with Crippen molar-refractivity contribution in [3.8, 4) is 0 Å². The first-order valence-corrected chi connectivity index (χ1v) is 5.43. The Morgan fingerprint density at radius 3 is 2.18 bits per heavy atom. The molecule has 0 fully saturated rings. The molecule has 0 aromatic carbocycles. The van der Waals surface area contributed by atoms with Gasteiger partial charge in [-0.3, -0.25) is 0 Å². The maximum Gasteiger partial charge on any atom is 0.149 e. The Labute approximate surface area is 68.4 Å². The quantitative estimate of drug-likeness (QED) is 0.624. The number of hydrogen-bond acceptors (Lipinski definition) is 3. The van der Waals surface area contributed by atoms with E-state index in [-0.39, 0.29) is 11.8 Å². The fourth-order valence-electron chi connectivity index (χ4n) is 0.775. The second-order valence-electron chi connectivity index (χ2n) is 2.78. The van der Waals surface area contributed by atoms with Crippen LogP contribution in [-0.2, 0) is 9.84 Å². The highest BCUT2D eigenvalue weighted by atomic mass is 32.2. The molecule has 0 spiro atoms. The van der Waals surface area contributed by atoms with Gasteiger partial charge < -0.3 is 5.32 Å². The van der Waals surface area contributed by atoms with Crippen LogP contribution in [0, 0.1) is 0 Å². The van der Waals surface area contributed by atoms with Gasteiger partial charge in [0.05, 0.1) is 5.75 Å². The molecule has 1 atom stereocenters. The van der Waals surface area contributed by atoms with Crippen molar-refractivity contribution in [1.82, 2.24) is 5.32 Å². The lowest BCUT2D eigenvalue weighted by Gasteiger charge is -2.13. The largest absolute Gasteiger partial charge is 0.312 e. The number of rotatable bonds is 4. The Morgan fingerprint density at radius 2 is 2.09 bits per heavy atom. The standard InChI is InChI=1S/C7H15NO2S/c1-6(2)7(8-3)5-11(4,9)10/h7-8H,1,5H2,2-4H3. The third-order valence-corrected chi connectivity index (χ3v) is 2.35. The average molecular weight is 177 g/mol. The third-order valence-electron chi connectivity index (χ3n) is 1.41. The molecule has 3 nitrogen and oxygen atoms in total. The Morgan fingerprint density at radius 1 is 1.64 bits per heavy atom. The fourth-order valence-corrected chi connectivity index (χ4v) is 1.83. The van der Waals surface area contributed by atoms with Crippen LogP contribution in [0.1, 0.15) is 6.92 Å². The van der Waals surface area contributed by atoms with Crippen LogP contribution in [0.4, 0.5) is 0 Å².